The van der Waals surface area contributed by atoms with Gasteiger partial charge in [0.25, 0.3) is 0 Å². The lowest BCUT2D eigenvalue weighted by Gasteiger charge is -2.03. The number of nitrogens with zero attached hydrogens (tertiary/aromatic N) is 1. The molecule has 0 radical (unpaired) electrons. The molecule has 0 aliphatic rings. The van der Waals surface area contributed by atoms with E-state index in [0.29, 0.717) is 12.5 Å². The lowest BCUT2D eigenvalue weighted by molar-refractivity contribution is 0.636. The molecule has 16 heavy (non-hydrogen) atoms. The lowest BCUT2D eigenvalue weighted by atomic mass is 10.0. The number of rotatable bonds is 4. The van der Waals surface area contributed by atoms with Gasteiger partial charge in [0, 0.05) is 11.1 Å². The summed E-state index contributed by atoms with van der Waals surface area (Å²) < 4.78 is 0. The van der Waals surface area contributed by atoms with Crippen molar-refractivity contribution in [2.24, 2.45) is 11.7 Å². The SMILES string of the molecule is CC(C)Cc1[nH]nc2ccc(CCN)cc12. The molecule has 0 aliphatic carbocycles. The molecule has 0 aliphatic heterocycles. The second kappa shape index (κ2) is 4.66. The average molecular weight is 217 g/mol. The number of H-pyrrole nitrogens is 1. The number of nitrogens with two attached hydrogens (primary N) is 1. The van der Waals surface area contributed by atoms with Crippen LogP contribution in [0.4, 0.5) is 0 Å². The molecule has 86 valence electrons. The van der Waals surface area contributed by atoms with Crippen LogP contribution in [-0.4, -0.2) is 16.7 Å². The summed E-state index contributed by atoms with van der Waals surface area (Å²) in [6.45, 7) is 5.13. The summed E-state index contributed by atoms with van der Waals surface area (Å²) in [5.74, 6) is 0.641. The van der Waals surface area contributed by atoms with Crippen molar-refractivity contribution in [1.82, 2.24) is 10.2 Å². The zero-order valence-electron chi connectivity index (χ0n) is 9.96. The van der Waals surface area contributed by atoms with Crippen molar-refractivity contribution in [3.8, 4) is 0 Å². The molecule has 2 aromatic rings. The van der Waals surface area contributed by atoms with E-state index in [0.717, 1.165) is 18.4 Å². The summed E-state index contributed by atoms with van der Waals surface area (Å²) in [6, 6.07) is 6.39. The van der Waals surface area contributed by atoms with Gasteiger partial charge in [-0.1, -0.05) is 19.9 Å². The third-order valence-corrected chi connectivity index (χ3v) is 2.74. The molecule has 0 fully saturated rings. The summed E-state index contributed by atoms with van der Waals surface area (Å²) in [7, 11) is 0. The first kappa shape index (κ1) is 11.1. The molecule has 0 atom stereocenters. The van der Waals surface area contributed by atoms with Crippen molar-refractivity contribution in [3.05, 3.63) is 29.5 Å². The number of fused-ring (bicyclic) bond motifs is 1. The quantitative estimate of drug-likeness (QED) is 0.825. The highest BCUT2D eigenvalue weighted by Gasteiger charge is 2.07. The number of aromatic nitrogens is 2. The molecule has 0 saturated carbocycles. The standard InChI is InChI=1S/C13H19N3/c1-9(2)7-13-11-8-10(5-6-14)3-4-12(11)15-16-13/h3-4,8-9H,5-7,14H2,1-2H3,(H,15,16). The Balaban J connectivity index is 2.39. The van der Waals surface area contributed by atoms with Gasteiger partial charge in [0.05, 0.1) is 5.52 Å². The van der Waals surface area contributed by atoms with Gasteiger partial charge >= 0.3 is 0 Å². The smallest absolute Gasteiger partial charge is 0.0923 e. The van der Waals surface area contributed by atoms with Gasteiger partial charge in [-0.05, 0) is 43.0 Å². The highest BCUT2D eigenvalue weighted by atomic mass is 15.1. The van der Waals surface area contributed by atoms with Gasteiger partial charge in [-0.3, -0.25) is 5.10 Å². The maximum atomic E-state index is 5.58. The molecule has 1 aromatic heterocycles. The maximum Gasteiger partial charge on any atom is 0.0923 e. The van der Waals surface area contributed by atoms with Crippen molar-refractivity contribution >= 4 is 10.9 Å². The summed E-state index contributed by atoms with van der Waals surface area (Å²) in [4.78, 5) is 0. The van der Waals surface area contributed by atoms with Crippen LogP contribution < -0.4 is 5.73 Å². The molecule has 0 unspecified atom stereocenters. The van der Waals surface area contributed by atoms with Crippen molar-refractivity contribution in [2.45, 2.75) is 26.7 Å². The van der Waals surface area contributed by atoms with E-state index in [1.807, 2.05) is 0 Å². The largest absolute Gasteiger partial charge is 0.330 e. The van der Waals surface area contributed by atoms with Crippen LogP contribution in [0.2, 0.25) is 0 Å². The molecule has 3 heteroatoms. The number of hydrogen-bond acceptors (Lipinski definition) is 2. The zero-order chi connectivity index (χ0) is 11.5. The molecular weight excluding hydrogens is 198 g/mol. The summed E-state index contributed by atoms with van der Waals surface area (Å²) in [6.07, 6.45) is 1.98. The van der Waals surface area contributed by atoms with Crippen LogP contribution in [0.1, 0.15) is 25.1 Å². The molecule has 3 N–H and O–H groups in total. The molecule has 0 bridgehead atoms. The van der Waals surface area contributed by atoms with Gasteiger partial charge < -0.3 is 5.73 Å². The zero-order valence-corrected chi connectivity index (χ0v) is 9.96. The number of nitrogens with one attached hydrogen (secondary N) is 1. The predicted molar refractivity (Wildman–Crippen MR) is 67.4 cm³/mol. The molecule has 1 aromatic carbocycles. The van der Waals surface area contributed by atoms with Crippen LogP contribution in [-0.2, 0) is 12.8 Å². The van der Waals surface area contributed by atoms with Crippen molar-refractivity contribution in [1.29, 1.82) is 0 Å². The minimum atomic E-state index is 0.641. The third-order valence-electron chi connectivity index (χ3n) is 2.74. The Morgan fingerprint density at radius 2 is 2.19 bits per heavy atom. The van der Waals surface area contributed by atoms with Crippen molar-refractivity contribution in [3.63, 3.8) is 0 Å². The minimum Gasteiger partial charge on any atom is -0.330 e. The van der Waals surface area contributed by atoms with Crippen molar-refractivity contribution < 1.29 is 0 Å². The molecule has 0 amide bonds. The first-order valence-electron chi connectivity index (χ1n) is 5.86. The molecule has 0 spiro atoms. The fourth-order valence-corrected chi connectivity index (χ4v) is 2.00. The Morgan fingerprint density at radius 3 is 2.88 bits per heavy atom. The van der Waals surface area contributed by atoms with Gasteiger partial charge in [-0.25, -0.2) is 0 Å². The van der Waals surface area contributed by atoms with Crippen LogP contribution in [0.3, 0.4) is 0 Å². The summed E-state index contributed by atoms with van der Waals surface area (Å²) in [5, 5.41) is 8.70. The molecule has 3 nitrogen and oxygen atoms in total. The lowest BCUT2D eigenvalue weighted by Crippen LogP contribution is -2.02. The summed E-state index contributed by atoms with van der Waals surface area (Å²) in [5.41, 5.74) is 9.16. The first-order valence-corrected chi connectivity index (χ1v) is 5.86. The Bertz CT molecular complexity index is 471. The number of aromatic amines is 1. The first-order chi connectivity index (χ1) is 7.70. The third kappa shape index (κ3) is 2.25. The van der Waals surface area contributed by atoms with E-state index < -0.39 is 0 Å². The second-order valence-electron chi connectivity index (χ2n) is 4.69. The Kier molecular flexibility index (Phi) is 3.25. The van der Waals surface area contributed by atoms with Crippen LogP contribution >= 0.6 is 0 Å². The maximum absolute atomic E-state index is 5.58. The van der Waals surface area contributed by atoms with E-state index in [2.05, 4.69) is 42.2 Å². The normalized spacial score (nSPS) is 11.5. The fourth-order valence-electron chi connectivity index (χ4n) is 2.00. The minimum absolute atomic E-state index is 0.641. The van der Waals surface area contributed by atoms with Crippen LogP contribution in [0.25, 0.3) is 10.9 Å². The summed E-state index contributed by atoms with van der Waals surface area (Å²) >= 11 is 0. The monoisotopic (exact) mass is 217 g/mol. The van der Waals surface area contributed by atoms with E-state index in [4.69, 9.17) is 5.73 Å². The van der Waals surface area contributed by atoms with Gasteiger partial charge in [0.2, 0.25) is 0 Å². The highest BCUT2D eigenvalue weighted by molar-refractivity contribution is 5.82. The number of benzene rings is 1. The molecular formula is C13H19N3. The Morgan fingerprint density at radius 1 is 1.38 bits per heavy atom. The van der Waals surface area contributed by atoms with E-state index >= 15 is 0 Å². The number of hydrogen-bond donors (Lipinski definition) is 2. The van der Waals surface area contributed by atoms with E-state index in [1.54, 1.807) is 0 Å². The van der Waals surface area contributed by atoms with E-state index in [1.165, 1.54) is 16.6 Å². The second-order valence-corrected chi connectivity index (χ2v) is 4.69. The van der Waals surface area contributed by atoms with Gasteiger partial charge in [-0.15, -0.1) is 0 Å². The molecule has 0 saturated heterocycles. The van der Waals surface area contributed by atoms with Gasteiger partial charge in [-0.2, -0.15) is 5.10 Å². The van der Waals surface area contributed by atoms with Crippen LogP contribution in [0.5, 0.6) is 0 Å². The van der Waals surface area contributed by atoms with Crippen LogP contribution in [0.15, 0.2) is 18.2 Å². The van der Waals surface area contributed by atoms with Gasteiger partial charge in [0.1, 0.15) is 0 Å². The van der Waals surface area contributed by atoms with E-state index in [9.17, 15) is 0 Å². The topological polar surface area (TPSA) is 54.7 Å². The fraction of sp³-hybridized carbons (Fsp3) is 0.462. The highest BCUT2D eigenvalue weighted by Crippen LogP contribution is 2.20. The van der Waals surface area contributed by atoms with Crippen molar-refractivity contribution in [2.75, 3.05) is 6.54 Å². The van der Waals surface area contributed by atoms with Gasteiger partial charge in [0.15, 0.2) is 0 Å². The molecule has 2 rings (SSSR count). The average Bonchev–Trinajstić information content (AvgIpc) is 2.61. The molecule has 1 heterocycles. The Labute approximate surface area is 96.0 Å². The van der Waals surface area contributed by atoms with E-state index in [-0.39, 0.29) is 0 Å². The predicted octanol–water partition coefficient (Wildman–Crippen LogP) is 2.26. The Hall–Kier alpha value is -1.35. The van der Waals surface area contributed by atoms with Crippen LogP contribution in [0, 0.1) is 5.92 Å².